The molecule has 0 radical (unpaired) electrons. The standard InChI is InChI=1S/C16H24N2O2S/c1-12-9-10-15(14-8-5-11-17-16(12)14)21(19,20)18-13-6-3-2-4-7-13/h9-10,13,17-18H,2-8,11H2,1H3. The Morgan fingerprint density at radius 3 is 2.67 bits per heavy atom. The lowest BCUT2D eigenvalue weighted by Crippen LogP contribution is -2.36. The molecule has 116 valence electrons. The minimum absolute atomic E-state index is 0.109. The van der Waals surface area contributed by atoms with Gasteiger partial charge in [-0.15, -0.1) is 0 Å². The lowest BCUT2D eigenvalue weighted by Gasteiger charge is -2.26. The molecule has 2 N–H and O–H groups in total. The van der Waals surface area contributed by atoms with Gasteiger partial charge in [0, 0.05) is 18.3 Å². The molecule has 0 atom stereocenters. The van der Waals surface area contributed by atoms with Crippen LogP contribution in [0.3, 0.4) is 0 Å². The summed E-state index contributed by atoms with van der Waals surface area (Å²) >= 11 is 0. The predicted molar refractivity (Wildman–Crippen MR) is 85.2 cm³/mol. The fourth-order valence-corrected chi connectivity index (χ4v) is 5.05. The maximum absolute atomic E-state index is 12.7. The molecule has 1 fully saturated rings. The summed E-state index contributed by atoms with van der Waals surface area (Å²) in [7, 11) is -3.41. The van der Waals surface area contributed by atoms with E-state index in [1.165, 1.54) is 6.42 Å². The lowest BCUT2D eigenvalue weighted by molar-refractivity contribution is 0.412. The number of aryl methyl sites for hydroxylation is 1. The SMILES string of the molecule is Cc1ccc(S(=O)(=O)NC2CCCCC2)c2c1NCCC2. The third-order valence-corrected chi connectivity index (χ3v) is 6.21. The van der Waals surface area contributed by atoms with Gasteiger partial charge in [-0.2, -0.15) is 0 Å². The molecule has 0 spiro atoms. The van der Waals surface area contributed by atoms with Gasteiger partial charge < -0.3 is 5.32 Å². The fourth-order valence-electron chi connectivity index (χ4n) is 3.47. The Morgan fingerprint density at radius 1 is 1.14 bits per heavy atom. The second-order valence-corrected chi connectivity index (χ2v) is 7.90. The van der Waals surface area contributed by atoms with E-state index in [0.29, 0.717) is 4.90 Å². The Kier molecular flexibility index (Phi) is 4.22. The van der Waals surface area contributed by atoms with Crippen LogP contribution in [0.25, 0.3) is 0 Å². The molecule has 1 aliphatic carbocycles. The van der Waals surface area contributed by atoms with Crippen LogP contribution < -0.4 is 10.0 Å². The Balaban J connectivity index is 1.91. The highest BCUT2D eigenvalue weighted by atomic mass is 32.2. The molecular weight excluding hydrogens is 284 g/mol. The van der Waals surface area contributed by atoms with Crippen molar-refractivity contribution in [2.75, 3.05) is 11.9 Å². The van der Waals surface area contributed by atoms with E-state index in [9.17, 15) is 8.42 Å². The average molecular weight is 308 g/mol. The summed E-state index contributed by atoms with van der Waals surface area (Å²) < 4.78 is 28.4. The second-order valence-electron chi connectivity index (χ2n) is 6.22. The van der Waals surface area contributed by atoms with Crippen molar-refractivity contribution in [2.24, 2.45) is 0 Å². The van der Waals surface area contributed by atoms with Gasteiger partial charge in [-0.1, -0.05) is 25.3 Å². The summed E-state index contributed by atoms with van der Waals surface area (Å²) in [6, 6.07) is 3.79. The molecule has 1 aliphatic heterocycles. The molecular formula is C16H24N2O2S. The molecule has 21 heavy (non-hydrogen) atoms. The zero-order valence-electron chi connectivity index (χ0n) is 12.6. The highest BCUT2D eigenvalue weighted by molar-refractivity contribution is 7.89. The first kappa shape index (κ1) is 14.9. The van der Waals surface area contributed by atoms with E-state index in [1.807, 2.05) is 13.0 Å². The van der Waals surface area contributed by atoms with Crippen molar-refractivity contribution in [3.63, 3.8) is 0 Å². The van der Waals surface area contributed by atoms with Gasteiger partial charge in [0.2, 0.25) is 10.0 Å². The molecule has 5 heteroatoms. The number of hydrogen-bond acceptors (Lipinski definition) is 3. The minimum Gasteiger partial charge on any atom is -0.385 e. The Hall–Kier alpha value is -1.07. The summed E-state index contributed by atoms with van der Waals surface area (Å²) in [5.41, 5.74) is 3.11. The van der Waals surface area contributed by atoms with Gasteiger partial charge in [-0.05, 0) is 49.8 Å². The lowest BCUT2D eigenvalue weighted by atomic mass is 9.96. The molecule has 1 heterocycles. The molecule has 0 amide bonds. The molecule has 0 unspecified atom stereocenters. The van der Waals surface area contributed by atoms with E-state index in [1.54, 1.807) is 6.07 Å². The van der Waals surface area contributed by atoms with E-state index < -0.39 is 10.0 Å². The average Bonchev–Trinajstić information content (AvgIpc) is 2.48. The number of sulfonamides is 1. The van der Waals surface area contributed by atoms with Crippen molar-refractivity contribution >= 4 is 15.7 Å². The van der Waals surface area contributed by atoms with E-state index in [4.69, 9.17) is 0 Å². The van der Waals surface area contributed by atoms with Crippen molar-refractivity contribution in [1.29, 1.82) is 0 Å². The molecule has 0 saturated heterocycles. The van der Waals surface area contributed by atoms with Gasteiger partial charge in [0.25, 0.3) is 0 Å². The van der Waals surface area contributed by atoms with E-state index in [2.05, 4.69) is 10.0 Å². The Bertz CT molecular complexity index is 619. The van der Waals surface area contributed by atoms with E-state index in [0.717, 1.165) is 61.9 Å². The van der Waals surface area contributed by atoms with Crippen molar-refractivity contribution in [2.45, 2.75) is 62.8 Å². The van der Waals surface area contributed by atoms with Crippen LogP contribution in [0.1, 0.15) is 49.7 Å². The van der Waals surface area contributed by atoms with Crippen LogP contribution in [0.4, 0.5) is 5.69 Å². The summed E-state index contributed by atoms with van der Waals surface area (Å²) in [6.07, 6.45) is 7.23. The number of rotatable bonds is 3. The highest BCUT2D eigenvalue weighted by Crippen LogP contribution is 2.32. The van der Waals surface area contributed by atoms with Crippen molar-refractivity contribution in [1.82, 2.24) is 4.72 Å². The van der Waals surface area contributed by atoms with Crippen molar-refractivity contribution in [3.05, 3.63) is 23.3 Å². The molecule has 1 aromatic rings. The molecule has 3 rings (SSSR count). The first-order valence-corrected chi connectivity index (χ1v) is 9.45. The smallest absolute Gasteiger partial charge is 0.241 e. The summed E-state index contributed by atoms with van der Waals surface area (Å²) in [5.74, 6) is 0. The van der Waals surface area contributed by atoms with Gasteiger partial charge in [0.1, 0.15) is 0 Å². The normalized spacial score (nSPS) is 19.9. The largest absolute Gasteiger partial charge is 0.385 e. The summed E-state index contributed by atoms with van der Waals surface area (Å²) in [5, 5.41) is 3.35. The van der Waals surface area contributed by atoms with Crippen molar-refractivity contribution < 1.29 is 8.42 Å². The van der Waals surface area contributed by atoms with Crippen LogP contribution in [0.5, 0.6) is 0 Å². The predicted octanol–water partition coefficient (Wildman–Crippen LogP) is 2.96. The molecule has 1 aromatic carbocycles. The fraction of sp³-hybridized carbons (Fsp3) is 0.625. The summed E-state index contributed by atoms with van der Waals surface area (Å²) in [6.45, 7) is 2.95. The third kappa shape index (κ3) is 3.09. The quantitative estimate of drug-likeness (QED) is 0.902. The third-order valence-electron chi connectivity index (χ3n) is 4.60. The monoisotopic (exact) mass is 308 g/mol. The number of nitrogens with one attached hydrogen (secondary N) is 2. The zero-order valence-corrected chi connectivity index (χ0v) is 13.4. The van der Waals surface area contributed by atoms with E-state index >= 15 is 0 Å². The van der Waals surface area contributed by atoms with Gasteiger partial charge in [0.05, 0.1) is 4.90 Å². The van der Waals surface area contributed by atoms with Gasteiger partial charge in [-0.3, -0.25) is 0 Å². The van der Waals surface area contributed by atoms with Crippen LogP contribution in [-0.4, -0.2) is 21.0 Å². The maximum atomic E-state index is 12.7. The highest BCUT2D eigenvalue weighted by Gasteiger charge is 2.26. The van der Waals surface area contributed by atoms with Crippen LogP contribution in [0, 0.1) is 6.92 Å². The van der Waals surface area contributed by atoms with Gasteiger partial charge in [-0.25, -0.2) is 13.1 Å². The molecule has 1 saturated carbocycles. The number of anilines is 1. The number of benzene rings is 1. The molecule has 0 aromatic heterocycles. The second kappa shape index (κ2) is 5.97. The van der Waals surface area contributed by atoms with Crippen molar-refractivity contribution in [3.8, 4) is 0 Å². The van der Waals surface area contributed by atoms with Crippen LogP contribution in [0.2, 0.25) is 0 Å². The van der Waals surface area contributed by atoms with Gasteiger partial charge in [0.15, 0.2) is 0 Å². The number of hydrogen-bond donors (Lipinski definition) is 2. The minimum atomic E-state index is -3.41. The summed E-state index contributed by atoms with van der Waals surface area (Å²) in [4.78, 5) is 0.473. The Morgan fingerprint density at radius 2 is 1.90 bits per heavy atom. The van der Waals surface area contributed by atoms with E-state index in [-0.39, 0.29) is 6.04 Å². The Labute approximate surface area is 127 Å². The first-order valence-electron chi connectivity index (χ1n) is 7.96. The molecule has 0 bridgehead atoms. The molecule has 4 nitrogen and oxygen atoms in total. The maximum Gasteiger partial charge on any atom is 0.241 e. The zero-order chi connectivity index (χ0) is 14.9. The molecule has 2 aliphatic rings. The van der Waals surface area contributed by atoms with Crippen LogP contribution in [0.15, 0.2) is 17.0 Å². The van der Waals surface area contributed by atoms with Crippen LogP contribution >= 0.6 is 0 Å². The van der Waals surface area contributed by atoms with Gasteiger partial charge >= 0.3 is 0 Å². The first-order chi connectivity index (χ1) is 10.1. The topological polar surface area (TPSA) is 58.2 Å². The number of fused-ring (bicyclic) bond motifs is 1. The van der Waals surface area contributed by atoms with Crippen LogP contribution in [-0.2, 0) is 16.4 Å².